The molecule has 0 fully saturated rings. The molecule has 0 N–H and O–H groups in total. The van der Waals surface area contributed by atoms with Gasteiger partial charge in [-0.1, -0.05) is 66.7 Å². The zero-order valence-corrected chi connectivity index (χ0v) is 12.0. The molecule has 1 nitrogen and oxygen atoms in total. The fourth-order valence-electron chi connectivity index (χ4n) is 1.99. The average Bonchev–Trinajstić information content (AvgIpc) is 2.52. The third-order valence-electron chi connectivity index (χ3n) is 3.13. The highest BCUT2D eigenvalue weighted by Gasteiger charge is 1.93. The number of rotatable bonds is 4. The summed E-state index contributed by atoms with van der Waals surface area (Å²) >= 11 is 0. The second-order valence-corrected chi connectivity index (χ2v) is 4.71. The SMILES string of the molecule is Cc1ccccc1C=CC(C=CC#N)=Cc1ccccc1. The van der Waals surface area contributed by atoms with Crippen LogP contribution in [0.15, 0.2) is 78.4 Å². The number of hydrogen-bond acceptors (Lipinski definition) is 1. The summed E-state index contributed by atoms with van der Waals surface area (Å²) in [6.45, 7) is 2.09. The molecule has 0 unspecified atom stereocenters. The zero-order chi connectivity index (χ0) is 14.9. The maximum absolute atomic E-state index is 8.72. The summed E-state index contributed by atoms with van der Waals surface area (Å²) < 4.78 is 0. The molecule has 2 aromatic rings. The van der Waals surface area contributed by atoms with E-state index in [0.29, 0.717) is 0 Å². The van der Waals surface area contributed by atoms with Crippen LogP contribution in [0.3, 0.4) is 0 Å². The van der Waals surface area contributed by atoms with Crippen molar-refractivity contribution in [2.24, 2.45) is 0 Å². The van der Waals surface area contributed by atoms with Gasteiger partial charge in [0.05, 0.1) is 6.07 Å². The van der Waals surface area contributed by atoms with Crippen LogP contribution < -0.4 is 0 Å². The average molecular weight is 271 g/mol. The molecule has 0 bridgehead atoms. The van der Waals surface area contributed by atoms with E-state index in [1.165, 1.54) is 17.2 Å². The predicted octanol–water partition coefficient (Wildman–Crippen LogP) is 5.17. The van der Waals surface area contributed by atoms with Gasteiger partial charge in [-0.15, -0.1) is 0 Å². The highest BCUT2D eigenvalue weighted by molar-refractivity contribution is 5.65. The second-order valence-electron chi connectivity index (χ2n) is 4.71. The van der Waals surface area contributed by atoms with E-state index in [4.69, 9.17) is 5.26 Å². The minimum Gasteiger partial charge on any atom is -0.193 e. The molecule has 0 heterocycles. The molecule has 102 valence electrons. The molecular weight excluding hydrogens is 254 g/mol. The van der Waals surface area contributed by atoms with Crippen molar-refractivity contribution >= 4 is 12.2 Å². The van der Waals surface area contributed by atoms with Crippen molar-refractivity contribution in [3.8, 4) is 6.07 Å². The predicted molar refractivity (Wildman–Crippen MR) is 89.4 cm³/mol. The van der Waals surface area contributed by atoms with Crippen LogP contribution >= 0.6 is 0 Å². The topological polar surface area (TPSA) is 23.8 Å². The van der Waals surface area contributed by atoms with Crippen molar-refractivity contribution in [1.82, 2.24) is 0 Å². The number of nitrogens with zero attached hydrogens (tertiary/aromatic N) is 1. The van der Waals surface area contributed by atoms with E-state index in [1.807, 2.05) is 60.7 Å². The molecule has 0 spiro atoms. The first-order valence-corrected chi connectivity index (χ1v) is 6.86. The van der Waals surface area contributed by atoms with Gasteiger partial charge in [-0.3, -0.25) is 0 Å². The fourth-order valence-corrected chi connectivity index (χ4v) is 1.99. The van der Waals surface area contributed by atoms with Crippen molar-refractivity contribution in [1.29, 1.82) is 5.26 Å². The van der Waals surface area contributed by atoms with E-state index in [1.54, 1.807) is 0 Å². The van der Waals surface area contributed by atoms with E-state index >= 15 is 0 Å². The molecule has 0 saturated heterocycles. The number of hydrogen-bond donors (Lipinski definition) is 0. The molecule has 2 rings (SSSR count). The maximum atomic E-state index is 8.72. The van der Waals surface area contributed by atoms with Crippen LogP contribution in [0.2, 0.25) is 0 Å². The Morgan fingerprint density at radius 3 is 2.38 bits per heavy atom. The monoisotopic (exact) mass is 271 g/mol. The van der Waals surface area contributed by atoms with Gasteiger partial charge in [-0.05, 0) is 41.3 Å². The normalized spacial score (nSPS) is 11.9. The molecule has 1 heteroatoms. The second kappa shape index (κ2) is 7.67. The smallest absolute Gasteiger partial charge is 0.0912 e. The highest BCUT2D eigenvalue weighted by atomic mass is 14.2. The fraction of sp³-hybridized carbons (Fsp3) is 0.0500. The van der Waals surface area contributed by atoms with Gasteiger partial charge in [0.1, 0.15) is 0 Å². The number of nitriles is 1. The lowest BCUT2D eigenvalue weighted by Gasteiger charge is -2.00. The van der Waals surface area contributed by atoms with Gasteiger partial charge in [0.25, 0.3) is 0 Å². The lowest BCUT2D eigenvalue weighted by atomic mass is 10.1. The summed E-state index contributed by atoms with van der Waals surface area (Å²) in [6.07, 6.45) is 9.48. The molecule has 0 atom stereocenters. The lowest BCUT2D eigenvalue weighted by molar-refractivity contribution is 1.44. The summed E-state index contributed by atoms with van der Waals surface area (Å²) in [6, 6.07) is 20.4. The molecule has 0 amide bonds. The molecule has 0 radical (unpaired) electrons. The largest absolute Gasteiger partial charge is 0.193 e. The van der Waals surface area contributed by atoms with Gasteiger partial charge in [0.15, 0.2) is 0 Å². The third-order valence-corrected chi connectivity index (χ3v) is 3.13. The number of aryl methyl sites for hydroxylation is 1. The molecule has 0 aliphatic heterocycles. The van der Waals surface area contributed by atoms with Crippen LogP contribution in [-0.2, 0) is 0 Å². The van der Waals surface area contributed by atoms with Crippen molar-refractivity contribution in [3.63, 3.8) is 0 Å². The Morgan fingerprint density at radius 1 is 0.952 bits per heavy atom. The minimum atomic E-state index is 0.992. The van der Waals surface area contributed by atoms with Crippen molar-refractivity contribution in [2.45, 2.75) is 6.92 Å². The summed E-state index contributed by atoms with van der Waals surface area (Å²) in [5.41, 5.74) is 4.52. The first-order valence-electron chi connectivity index (χ1n) is 6.86. The van der Waals surface area contributed by atoms with E-state index in [0.717, 1.165) is 11.1 Å². The van der Waals surface area contributed by atoms with Crippen molar-refractivity contribution < 1.29 is 0 Å². The van der Waals surface area contributed by atoms with Gasteiger partial charge < -0.3 is 0 Å². The Balaban J connectivity index is 2.30. The van der Waals surface area contributed by atoms with Gasteiger partial charge in [0.2, 0.25) is 0 Å². The molecule has 21 heavy (non-hydrogen) atoms. The molecule has 2 aromatic carbocycles. The van der Waals surface area contributed by atoms with Gasteiger partial charge >= 0.3 is 0 Å². The van der Waals surface area contributed by atoms with Crippen molar-refractivity contribution in [3.05, 3.63) is 95.1 Å². The van der Waals surface area contributed by atoms with E-state index < -0.39 is 0 Å². The Kier molecular flexibility index (Phi) is 5.32. The number of benzene rings is 2. The lowest BCUT2D eigenvalue weighted by Crippen LogP contribution is -1.79. The first-order chi connectivity index (χ1) is 10.3. The molecular formula is C20H17N. The quantitative estimate of drug-likeness (QED) is 0.556. The summed E-state index contributed by atoms with van der Waals surface area (Å²) in [5.74, 6) is 0. The Bertz CT molecular complexity index is 713. The van der Waals surface area contributed by atoms with Crippen LogP contribution in [0, 0.1) is 18.3 Å². The van der Waals surface area contributed by atoms with Crippen molar-refractivity contribution in [2.75, 3.05) is 0 Å². The van der Waals surface area contributed by atoms with Gasteiger partial charge in [-0.25, -0.2) is 0 Å². The molecule has 0 aromatic heterocycles. The third kappa shape index (κ3) is 4.63. The van der Waals surface area contributed by atoms with E-state index in [2.05, 4.69) is 31.2 Å². The number of allylic oxidation sites excluding steroid dienone is 4. The minimum absolute atomic E-state index is 0.992. The maximum Gasteiger partial charge on any atom is 0.0912 e. The Morgan fingerprint density at radius 2 is 1.67 bits per heavy atom. The van der Waals surface area contributed by atoms with E-state index in [9.17, 15) is 0 Å². The summed E-state index contributed by atoms with van der Waals surface area (Å²) in [5, 5.41) is 8.72. The van der Waals surface area contributed by atoms with Crippen LogP contribution in [0.25, 0.3) is 12.2 Å². The van der Waals surface area contributed by atoms with Gasteiger partial charge in [-0.2, -0.15) is 5.26 Å². The Hall–Kier alpha value is -2.85. The van der Waals surface area contributed by atoms with E-state index in [-0.39, 0.29) is 0 Å². The van der Waals surface area contributed by atoms with Gasteiger partial charge in [0, 0.05) is 6.08 Å². The molecule has 0 saturated carbocycles. The Labute approximate surface area is 126 Å². The van der Waals surface area contributed by atoms with Crippen LogP contribution in [-0.4, -0.2) is 0 Å². The molecule has 0 aliphatic carbocycles. The zero-order valence-electron chi connectivity index (χ0n) is 12.0. The van der Waals surface area contributed by atoms with Crippen LogP contribution in [0.1, 0.15) is 16.7 Å². The molecule has 0 aliphatic rings. The van der Waals surface area contributed by atoms with Crippen LogP contribution in [0.5, 0.6) is 0 Å². The first kappa shape index (κ1) is 14.6. The summed E-state index contributed by atoms with van der Waals surface area (Å²) in [7, 11) is 0. The summed E-state index contributed by atoms with van der Waals surface area (Å²) in [4.78, 5) is 0. The van der Waals surface area contributed by atoms with Crippen LogP contribution in [0.4, 0.5) is 0 Å². The standard InChI is InChI=1S/C20H17N/c1-17-8-5-6-12-20(17)14-13-19(11-7-15-21)16-18-9-3-2-4-10-18/h2-14,16H,1H3. The highest BCUT2D eigenvalue weighted by Crippen LogP contribution is 2.14.